The van der Waals surface area contributed by atoms with Crippen LogP contribution in [0.15, 0.2) is 67.0 Å². The molecule has 10 nitrogen and oxygen atoms in total. The summed E-state index contributed by atoms with van der Waals surface area (Å²) in [5.41, 5.74) is 2.37. The van der Waals surface area contributed by atoms with Crippen LogP contribution in [0.3, 0.4) is 0 Å². The standard InChI is InChI=1S/C30H28F3N5O5/c1-17-10-20(31)4-7-26(17)42-22-5-2-18(3-6-22)28(40)36-15-27(39)38-16-23(43-30(32)33)12-25(38)29(41)35-14-21-11-19-13-34-9-8-24(19)37-21/h2-11,13,23,25,30,37H,12,14-16H2,1H3,(H,35,41)(H,36,40)/t23-,25+/m1/s1. The highest BCUT2D eigenvalue weighted by molar-refractivity contribution is 5.97. The number of aryl methyl sites for hydroxylation is 1. The summed E-state index contributed by atoms with van der Waals surface area (Å²) in [5, 5.41) is 6.10. The van der Waals surface area contributed by atoms with Crippen LogP contribution in [0.4, 0.5) is 13.2 Å². The zero-order chi connectivity index (χ0) is 30.5. The van der Waals surface area contributed by atoms with Gasteiger partial charge in [-0.3, -0.25) is 19.4 Å². The molecular weight excluding hydrogens is 567 g/mol. The Bertz CT molecular complexity index is 1600. The SMILES string of the molecule is Cc1cc(F)ccc1Oc1ccc(C(=O)NCC(=O)N2C[C@H](OC(F)F)C[C@H]2C(=O)NCc2cc3cnccc3[nH]2)cc1. The van der Waals surface area contributed by atoms with E-state index in [9.17, 15) is 27.6 Å². The van der Waals surface area contributed by atoms with Gasteiger partial charge in [-0.1, -0.05) is 0 Å². The number of rotatable bonds is 10. The van der Waals surface area contributed by atoms with Crippen LogP contribution < -0.4 is 15.4 Å². The molecule has 3 N–H and O–H groups in total. The van der Waals surface area contributed by atoms with Gasteiger partial charge in [-0.25, -0.2) is 4.39 Å². The summed E-state index contributed by atoms with van der Waals surface area (Å²) in [4.78, 5) is 47.2. The first kappa shape index (κ1) is 29.6. The number of aromatic nitrogens is 2. The van der Waals surface area contributed by atoms with Gasteiger partial charge in [0.1, 0.15) is 23.4 Å². The highest BCUT2D eigenvalue weighted by Crippen LogP contribution is 2.26. The van der Waals surface area contributed by atoms with Crippen molar-refractivity contribution in [3.63, 3.8) is 0 Å². The Labute approximate surface area is 244 Å². The minimum atomic E-state index is -3.07. The van der Waals surface area contributed by atoms with Gasteiger partial charge in [0.25, 0.3) is 5.91 Å². The van der Waals surface area contributed by atoms with Crippen LogP contribution in [0.1, 0.15) is 28.0 Å². The van der Waals surface area contributed by atoms with Gasteiger partial charge in [0.2, 0.25) is 11.8 Å². The molecule has 0 saturated carbocycles. The zero-order valence-corrected chi connectivity index (χ0v) is 23.0. The molecular formula is C30H28F3N5O5. The highest BCUT2D eigenvalue weighted by atomic mass is 19.3. The van der Waals surface area contributed by atoms with Gasteiger partial charge in [0.15, 0.2) is 0 Å². The quantitative estimate of drug-likeness (QED) is 0.254. The van der Waals surface area contributed by atoms with E-state index in [-0.39, 0.29) is 30.9 Å². The van der Waals surface area contributed by atoms with Crippen LogP contribution in [-0.4, -0.2) is 64.4 Å². The van der Waals surface area contributed by atoms with E-state index in [2.05, 4.69) is 25.3 Å². The van der Waals surface area contributed by atoms with E-state index in [4.69, 9.17) is 4.74 Å². The third-order valence-corrected chi connectivity index (χ3v) is 6.99. The Kier molecular flexibility index (Phi) is 8.90. The lowest BCUT2D eigenvalue weighted by molar-refractivity contribution is -0.160. The maximum atomic E-state index is 13.3. The van der Waals surface area contributed by atoms with Crippen molar-refractivity contribution in [1.82, 2.24) is 25.5 Å². The summed E-state index contributed by atoms with van der Waals surface area (Å²) in [6.07, 6.45) is 2.13. The molecule has 1 saturated heterocycles. The number of likely N-dealkylation sites (tertiary alicyclic amines) is 1. The van der Waals surface area contributed by atoms with Crippen LogP contribution in [0.5, 0.6) is 11.5 Å². The normalized spacial score (nSPS) is 16.4. The number of halogens is 3. The summed E-state index contributed by atoms with van der Waals surface area (Å²) in [5.74, 6) is -1.23. The monoisotopic (exact) mass is 595 g/mol. The molecule has 3 heterocycles. The van der Waals surface area contributed by atoms with Crippen molar-refractivity contribution in [3.05, 3.63) is 89.6 Å². The van der Waals surface area contributed by atoms with E-state index in [0.717, 1.165) is 15.8 Å². The van der Waals surface area contributed by atoms with Crippen molar-refractivity contribution in [2.24, 2.45) is 0 Å². The average Bonchev–Trinajstić information content (AvgIpc) is 3.60. The van der Waals surface area contributed by atoms with Crippen LogP contribution in [0, 0.1) is 12.7 Å². The molecule has 0 aliphatic carbocycles. The number of benzene rings is 2. The molecule has 1 aliphatic rings. The minimum absolute atomic E-state index is 0.115. The number of H-pyrrole nitrogens is 1. The molecule has 0 radical (unpaired) electrons. The van der Waals surface area contributed by atoms with Gasteiger partial charge in [-0.2, -0.15) is 8.78 Å². The van der Waals surface area contributed by atoms with Gasteiger partial charge >= 0.3 is 6.61 Å². The zero-order valence-electron chi connectivity index (χ0n) is 23.0. The third-order valence-electron chi connectivity index (χ3n) is 6.99. The lowest BCUT2D eigenvalue weighted by Crippen LogP contribution is -2.49. The predicted molar refractivity (Wildman–Crippen MR) is 149 cm³/mol. The van der Waals surface area contributed by atoms with Crippen LogP contribution in [0.2, 0.25) is 0 Å². The summed E-state index contributed by atoms with van der Waals surface area (Å²) in [6.45, 7) is -1.95. The van der Waals surface area contributed by atoms with Crippen molar-refractivity contribution < 1.29 is 37.0 Å². The number of carbonyl (C=O) groups is 3. The van der Waals surface area contributed by atoms with Crippen molar-refractivity contribution in [1.29, 1.82) is 0 Å². The smallest absolute Gasteiger partial charge is 0.345 e. The Hall–Kier alpha value is -4.91. The largest absolute Gasteiger partial charge is 0.457 e. The Morgan fingerprint density at radius 1 is 1.09 bits per heavy atom. The molecule has 0 unspecified atom stereocenters. The number of pyridine rings is 1. The number of carbonyl (C=O) groups excluding carboxylic acids is 3. The van der Waals surface area contributed by atoms with Crippen molar-refractivity contribution >= 4 is 28.6 Å². The first-order valence-electron chi connectivity index (χ1n) is 13.4. The fourth-order valence-corrected chi connectivity index (χ4v) is 4.88. The second-order valence-electron chi connectivity index (χ2n) is 10.0. The first-order valence-corrected chi connectivity index (χ1v) is 13.4. The summed E-state index contributed by atoms with van der Waals surface area (Å²) in [6, 6.07) is 12.7. The average molecular weight is 596 g/mol. The summed E-state index contributed by atoms with van der Waals surface area (Å²) >= 11 is 0. The summed E-state index contributed by atoms with van der Waals surface area (Å²) in [7, 11) is 0. The maximum absolute atomic E-state index is 13.3. The number of hydrogen-bond donors (Lipinski definition) is 3. The topological polar surface area (TPSA) is 126 Å². The van der Waals surface area contributed by atoms with E-state index < -0.39 is 43.0 Å². The summed E-state index contributed by atoms with van der Waals surface area (Å²) < 4.78 is 49.5. The van der Waals surface area contributed by atoms with Gasteiger partial charge < -0.3 is 30.0 Å². The van der Waals surface area contributed by atoms with Gasteiger partial charge in [-0.05, 0) is 67.1 Å². The minimum Gasteiger partial charge on any atom is -0.457 e. The molecule has 1 aliphatic heterocycles. The fourth-order valence-electron chi connectivity index (χ4n) is 4.88. The maximum Gasteiger partial charge on any atom is 0.345 e. The molecule has 0 spiro atoms. The molecule has 2 aromatic carbocycles. The van der Waals surface area contributed by atoms with Crippen molar-refractivity contribution in [2.75, 3.05) is 13.1 Å². The molecule has 224 valence electrons. The molecule has 13 heteroatoms. The third kappa shape index (κ3) is 7.30. The molecule has 1 fully saturated rings. The van der Waals surface area contributed by atoms with E-state index in [1.54, 1.807) is 37.5 Å². The molecule has 43 heavy (non-hydrogen) atoms. The van der Waals surface area contributed by atoms with Gasteiger partial charge in [-0.15, -0.1) is 0 Å². The van der Waals surface area contributed by atoms with Crippen molar-refractivity contribution in [3.8, 4) is 11.5 Å². The molecule has 3 amide bonds. The molecule has 2 aromatic heterocycles. The lowest BCUT2D eigenvalue weighted by atomic mass is 10.1. The van der Waals surface area contributed by atoms with Crippen LogP contribution in [0.25, 0.3) is 10.9 Å². The second kappa shape index (κ2) is 12.9. The number of nitrogens with zero attached hydrogens (tertiary/aromatic N) is 2. The number of amides is 3. The van der Waals surface area contributed by atoms with E-state index in [0.29, 0.717) is 22.8 Å². The Morgan fingerprint density at radius 3 is 2.60 bits per heavy atom. The number of alkyl halides is 2. The fraction of sp³-hybridized carbons (Fsp3) is 0.267. The van der Waals surface area contributed by atoms with E-state index in [1.165, 1.54) is 30.3 Å². The van der Waals surface area contributed by atoms with E-state index in [1.807, 2.05) is 6.07 Å². The molecule has 2 atom stereocenters. The second-order valence-corrected chi connectivity index (χ2v) is 10.0. The number of ether oxygens (including phenoxy) is 2. The van der Waals surface area contributed by atoms with Gasteiger partial charge in [0.05, 0.1) is 19.2 Å². The van der Waals surface area contributed by atoms with Crippen LogP contribution >= 0.6 is 0 Å². The predicted octanol–water partition coefficient (Wildman–Crippen LogP) is 4.06. The number of nitrogens with one attached hydrogen (secondary N) is 3. The van der Waals surface area contributed by atoms with E-state index >= 15 is 0 Å². The number of aromatic amines is 1. The first-order chi connectivity index (χ1) is 20.7. The molecule has 0 bridgehead atoms. The highest BCUT2D eigenvalue weighted by Gasteiger charge is 2.41. The Balaban J connectivity index is 1.18. The lowest BCUT2D eigenvalue weighted by Gasteiger charge is -2.24. The molecule has 4 aromatic rings. The molecule has 5 rings (SSSR count). The number of fused-ring (bicyclic) bond motifs is 1. The Morgan fingerprint density at radius 2 is 1.88 bits per heavy atom. The van der Waals surface area contributed by atoms with Gasteiger partial charge in [0, 0.05) is 47.5 Å². The van der Waals surface area contributed by atoms with Crippen molar-refractivity contribution in [2.45, 2.75) is 38.6 Å². The number of hydrogen-bond acceptors (Lipinski definition) is 6. The van der Waals surface area contributed by atoms with Crippen LogP contribution in [-0.2, 0) is 20.9 Å².